The van der Waals surface area contributed by atoms with E-state index in [0.717, 1.165) is 17.0 Å². The molecule has 0 amide bonds. The van der Waals surface area contributed by atoms with Crippen molar-refractivity contribution in [2.75, 3.05) is 11.1 Å². The molecule has 1 atom stereocenters. The van der Waals surface area contributed by atoms with Crippen LogP contribution in [0.4, 0.5) is 5.69 Å². The molecular formula is C15H15NOS. The summed E-state index contributed by atoms with van der Waals surface area (Å²) in [5, 5.41) is 12.7. The van der Waals surface area contributed by atoms with E-state index in [1.165, 1.54) is 10.5 Å². The first kappa shape index (κ1) is 11.6. The quantitative estimate of drug-likeness (QED) is 0.883. The minimum atomic E-state index is 0.0888. The van der Waals surface area contributed by atoms with Crippen molar-refractivity contribution in [1.29, 1.82) is 0 Å². The Morgan fingerprint density at radius 2 is 2.06 bits per heavy atom. The topological polar surface area (TPSA) is 32.3 Å². The highest BCUT2D eigenvalue weighted by Crippen LogP contribution is 2.39. The van der Waals surface area contributed by atoms with Gasteiger partial charge in [0, 0.05) is 16.3 Å². The number of nitrogens with one attached hydrogen (secondary N) is 1. The first-order chi connectivity index (χ1) is 8.86. The lowest BCUT2D eigenvalue weighted by molar-refractivity contribution is 0.282. The number of aliphatic hydroxyl groups excluding tert-OH is 1. The lowest BCUT2D eigenvalue weighted by Crippen LogP contribution is -2.09. The predicted octanol–water partition coefficient (Wildman–Crippen LogP) is 3.44. The molecule has 2 aromatic carbocycles. The Labute approximate surface area is 111 Å². The van der Waals surface area contributed by atoms with Crippen molar-refractivity contribution < 1.29 is 5.11 Å². The van der Waals surface area contributed by atoms with Crippen LogP contribution >= 0.6 is 11.8 Å². The highest BCUT2D eigenvalue weighted by atomic mass is 32.2. The van der Waals surface area contributed by atoms with E-state index in [0.29, 0.717) is 6.04 Å². The largest absolute Gasteiger partial charge is 0.392 e. The summed E-state index contributed by atoms with van der Waals surface area (Å²) in [7, 11) is 0. The van der Waals surface area contributed by atoms with Crippen LogP contribution in [-0.2, 0) is 6.61 Å². The van der Waals surface area contributed by atoms with Crippen LogP contribution in [0.15, 0.2) is 53.4 Å². The molecule has 0 bridgehead atoms. The molecule has 3 heteroatoms. The third-order valence-electron chi connectivity index (χ3n) is 3.15. The number of hydrogen-bond donors (Lipinski definition) is 2. The number of anilines is 1. The Morgan fingerprint density at radius 1 is 1.17 bits per heavy atom. The van der Waals surface area contributed by atoms with Crippen LogP contribution in [0.3, 0.4) is 0 Å². The van der Waals surface area contributed by atoms with Crippen molar-refractivity contribution in [2.24, 2.45) is 0 Å². The monoisotopic (exact) mass is 257 g/mol. The molecule has 0 spiro atoms. The second kappa shape index (κ2) is 5.04. The molecule has 1 aliphatic heterocycles. The Balaban J connectivity index is 1.82. The SMILES string of the molecule is OCc1cccc(NC2CSc3ccccc32)c1. The third-order valence-corrected chi connectivity index (χ3v) is 4.33. The molecule has 2 N–H and O–H groups in total. The van der Waals surface area contributed by atoms with Crippen molar-refractivity contribution in [3.05, 3.63) is 59.7 Å². The molecule has 0 saturated carbocycles. The average molecular weight is 257 g/mol. The molecule has 0 fully saturated rings. The number of hydrogen-bond acceptors (Lipinski definition) is 3. The second-order valence-corrected chi connectivity index (χ2v) is 5.47. The zero-order valence-corrected chi connectivity index (χ0v) is 10.8. The van der Waals surface area contributed by atoms with Crippen molar-refractivity contribution in [1.82, 2.24) is 0 Å². The molecule has 0 saturated heterocycles. The van der Waals surface area contributed by atoms with Crippen molar-refractivity contribution in [2.45, 2.75) is 17.5 Å². The van der Waals surface area contributed by atoms with Crippen LogP contribution in [-0.4, -0.2) is 10.9 Å². The molecule has 18 heavy (non-hydrogen) atoms. The fourth-order valence-electron chi connectivity index (χ4n) is 2.24. The number of fused-ring (bicyclic) bond motifs is 1. The summed E-state index contributed by atoms with van der Waals surface area (Å²) < 4.78 is 0. The van der Waals surface area contributed by atoms with Crippen LogP contribution in [0.2, 0.25) is 0 Å². The molecule has 2 aromatic rings. The summed E-state index contributed by atoms with van der Waals surface area (Å²) in [6, 6.07) is 16.8. The maximum atomic E-state index is 9.15. The molecular weight excluding hydrogens is 242 g/mol. The summed E-state index contributed by atoms with van der Waals surface area (Å²) >= 11 is 1.89. The molecule has 1 aliphatic rings. The van der Waals surface area contributed by atoms with E-state index >= 15 is 0 Å². The van der Waals surface area contributed by atoms with Gasteiger partial charge in [-0.1, -0.05) is 30.3 Å². The van der Waals surface area contributed by atoms with Crippen LogP contribution in [0.25, 0.3) is 0 Å². The zero-order valence-electron chi connectivity index (χ0n) is 9.97. The molecule has 0 aromatic heterocycles. The number of thioether (sulfide) groups is 1. The van der Waals surface area contributed by atoms with Crippen LogP contribution in [0, 0.1) is 0 Å². The summed E-state index contributed by atoms with van der Waals surface area (Å²) in [5.74, 6) is 1.06. The predicted molar refractivity (Wildman–Crippen MR) is 75.9 cm³/mol. The molecule has 92 valence electrons. The lowest BCUT2D eigenvalue weighted by atomic mass is 10.1. The smallest absolute Gasteiger partial charge is 0.0682 e. The van der Waals surface area contributed by atoms with Gasteiger partial charge in [-0.25, -0.2) is 0 Å². The van der Waals surface area contributed by atoms with Gasteiger partial charge in [0.05, 0.1) is 12.6 Å². The van der Waals surface area contributed by atoms with Crippen LogP contribution in [0.5, 0.6) is 0 Å². The van der Waals surface area contributed by atoms with Crippen molar-refractivity contribution in [3.8, 4) is 0 Å². The van der Waals surface area contributed by atoms with Crippen LogP contribution < -0.4 is 5.32 Å². The lowest BCUT2D eigenvalue weighted by Gasteiger charge is -2.15. The number of aliphatic hydroxyl groups is 1. The molecule has 0 aliphatic carbocycles. The van der Waals surface area contributed by atoms with E-state index in [1.54, 1.807) is 0 Å². The highest BCUT2D eigenvalue weighted by Gasteiger charge is 2.22. The van der Waals surface area contributed by atoms with Gasteiger partial charge in [-0.05, 0) is 29.3 Å². The van der Waals surface area contributed by atoms with Gasteiger partial charge in [-0.3, -0.25) is 0 Å². The normalized spacial score (nSPS) is 17.5. The molecule has 1 unspecified atom stereocenters. The maximum Gasteiger partial charge on any atom is 0.0682 e. The Kier molecular flexibility index (Phi) is 3.26. The van der Waals surface area contributed by atoms with E-state index in [2.05, 4.69) is 29.6 Å². The van der Waals surface area contributed by atoms with Gasteiger partial charge in [-0.2, -0.15) is 0 Å². The van der Waals surface area contributed by atoms with Gasteiger partial charge in [0.2, 0.25) is 0 Å². The minimum absolute atomic E-state index is 0.0888. The van der Waals surface area contributed by atoms with E-state index in [4.69, 9.17) is 5.11 Å². The van der Waals surface area contributed by atoms with Gasteiger partial charge < -0.3 is 10.4 Å². The maximum absolute atomic E-state index is 9.15. The van der Waals surface area contributed by atoms with Gasteiger partial charge >= 0.3 is 0 Å². The highest BCUT2D eigenvalue weighted by molar-refractivity contribution is 7.99. The fourth-order valence-corrected chi connectivity index (χ4v) is 3.40. The van der Waals surface area contributed by atoms with Gasteiger partial charge in [0.25, 0.3) is 0 Å². The van der Waals surface area contributed by atoms with Crippen molar-refractivity contribution in [3.63, 3.8) is 0 Å². The first-order valence-electron chi connectivity index (χ1n) is 6.05. The summed E-state index contributed by atoms with van der Waals surface area (Å²) in [5.41, 5.74) is 3.39. The van der Waals surface area contributed by atoms with Gasteiger partial charge in [-0.15, -0.1) is 11.8 Å². The fraction of sp³-hybridized carbons (Fsp3) is 0.200. The molecule has 2 nitrogen and oxygen atoms in total. The zero-order chi connectivity index (χ0) is 12.4. The van der Waals surface area contributed by atoms with Crippen molar-refractivity contribution >= 4 is 17.4 Å². The van der Waals surface area contributed by atoms with E-state index in [1.807, 2.05) is 36.0 Å². The summed E-state index contributed by atoms with van der Waals surface area (Å²) in [6.45, 7) is 0.0888. The molecule has 1 heterocycles. The summed E-state index contributed by atoms with van der Waals surface area (Å²) in [4.78, 5) is 1.37. The third kappa shape index (κ3) is 2.24. The van der Waals surface area contributed by atoms with E-state index in [-0.39, 0.29) is 6.61 Å². The number of benzene rings is 2. The average Bonchev–Trinajstić information content (AvgIpc) is 2.83. The Morgan fingerprint density at radius 3 is 2.94 bits per heavy atom. The standard InChI is InChI=1S/C15H15NOS/c17-9-11-4-3-5-12(8-11)16-14-10-18-15-7-2-1-6-13(14)15/h1-8,14,16-17H,9-10H2. The molecule has 0 radical (unpaired) electrons. The van der Waals surface area contributed by atoms with Gasteiger partial charge in [0.1, 0.15) is 0 Å². The Hall–Kier alpha value is -1.45. The molecule has 3 rings (SSSR count). The number of rotatable bonds is 3. The van der Waals surface area contributed by atoms with E-state index in [9.17, 15) is 0 Å². The first-order valence-corrected chi connectivity index (χ1v) is 7.03. The van der Waals surface area contributed by atoms with E-state index < -0.39 is 0 Å². The van der Waals surface area contributed by atoms with Gasteiger partial charge in [0.15, 0.2) is 0 Å². The van der Waals surface area contributed by atoms with Crippen LogP contribution in [0.1, 0.15) is 17.2 Å². The second-order valence-electron chi connectivity index (χ2n) is 4.40. The Bertz CT molecular complexity index is 556. The summed E-state index contributed by atoms with van der Waals surface area (Å²) in [6.07, 6.45) is 0. The minimum Gasteiger partial charge on any atom is -0.392 e.